The average molecular weight is 546 g/mol. The number of nitrogens with zero attached hydrogens (tertiary/aromatic N) is 5. The second-order valence-electron chi connectivity index (χ2n) is 9.48. The van der Waals surface area contributed by atoms with E-state index >= 15 is 0 Å². The second kappa shape index (κ2) is 10.8. The van der Waals surface area contributed by atoms with Gasteiger partial charge >= 0.3 is 0 Å². The molecule has 3 heterocycles. The third kappa shape index (κ3) is 5.30. The molecule has 2 fully saturated rings. The molecule has 0 unspecified atom stereocenters. The Morgan fingerprint density at radius 1 is 1.13 bits per heavy atom. The van der Waals surface area contributed by atoms with Crippen LogP contribution in [0.2, 0.25) is 0 Å². The number of rotatable bonds is 4. The maximum atomic E-state index is 13.9. The number of halogens is 3. The lowest BCUT2D eigenvalue weighted by atomic mass is 9.91. The number of benzene rings is 2. The first-order chi connectivity index (χ1) is 18.6. The summed E-state index contributed by atoms with van der Waals surface area (Å²) in [5.41, 5.74) is 0.675. The highest BCUT2D eigenvalue weighted by Crippen LogP contribution is 2.39. The predicted octanol–water partition coefficient (Wildman–Crippen LogP) is 2.65. The van der Waals surface area contributed by atoms with Crippen LogP contribution in [0.5, 0.6) is 0 Å². The molecule has 1 amide bonds. The van der Waals surface area contributed by atoms with Crippen molar-refractivity contribution in [1.29, 1.82) is 0 Å². The fourth-order valence-corrected chi connectivity index (χ4v) is 4.48. The topological polar surface area (TPSA) is 111 Å². The Morgan fingerprint density at radius 2 is 1.82 bits per heavy atom. The van der Waals surface area contributed by atoms with Gasteiger partial charge in [0.25, 0.3) is 5.91 Å². The molecular formula is C26H26F3N5O5. The van der Waals surface area contributed by atoms with Gasteiger partial charge in [0.15, 0.2) is 29.8 Å². The zero-order valence-electron chi connectivity index (χ0n) is 21.2. The van der Waals surface area contributed by atoms with Crippen LogP contribution in [0, 0.1) is 17.5 Å². The minimum Gasteiger partial charge on any atom is -0.387 e. The highest BCUT2D eigenvalue weighted by atomic mass is 19.2. The summed E-state index contributed by atoms with van der Waals surface area (Å²) in [6, 6.07) is 9.67. The number of amides is 1. The molecule has 2 aliphatic rings. The predicted molar refractivity (Wildman–Crippen MR) is 131 cm³/mol. The van der Waals surface area contributed by atoms with Gasteiger partial charge in [-0.2, -0.15) is 4.99 Å². The summed E-state index contributed by atoms with van der Waals surface area (Å²) < 4.78 is 60.5. The summed E-state index contributed by atoms with van der Waals surface area (Å²) >= 11 is 0. The first kappa shape index (κ1) is 26.9. The zero-order valence-corrected chi connectivity index (χ0v) is 21.2. The lowest BCUT2D eigenvalue weighted by molar-refractivity contribution is -0.312. The Kier molecular flexibility index (Phi) is 7.49. The Labute approximate surface area is 221 Å². The zero-order chi connectivity index (χ0) is 27.8. The van der Waals surface area contributed by atoms with Gasteiger partial charge in [-0.15, -0.1) is 5.10 Å². The van der Waals surface area contributed by atoms with Crippen LogP contribution >= 0.6 is 0 Å². The quantitative estimate of drug-likeness (QED) is 0.303. The SMILES string of the molecule is C/C(=N\C(=O)[C@@H]1O[C@@H]2CO[C@H](c3ccccc3)O[C@@H]2[C@H](n2cc(-c3cc(F)c(F)c(F)c3)nn2)[C@H]1O)N(C)C. The monoisotopic (exact) mass is 545 g/mol. The van der Waals surface area contributed by atoms with E-state index < -0.39 is 60.1 Å². The molecule has 13 heteroatoms. The van der Waals surface area contributed by atoms with E-state index in [0.29, 0.717) is 5.84 Å². The molecule has 1 aromatic heterocycles. The van der Waals surface area contributed by atoms with E-state index in [-0.39, 0.29) is 17.9 Å². The van der Waals surface area contributed by atoms with Crippen LogP contribution in [0.3, 0.4) is 0 Å². The van der Waals surface area contributed by atoms with E-state index in [1.807, 2.05) is 30.3 Å². The third-order valence-corrected chi connectivity index (χ3v) is 6.71. The minimum absolute atomic E-state index is 0.0130. The van der Waals surface area contributed by atoms with Gasteiger partial charge in [0.1, 0.15) is 35.9 Å². The van der Waals surface area contributed by atoms with E-state index in [1.165, 1.54) is 10.9 Å². The van der Waals surface area contributed by atoms with E-state index in [2.05, 4.69) is 15.3 Å². The second-order valence-corrected chi connectivity index (χ2v) is 9.48. The van der Waals surface area contributed by atoms with Crippen molar-refractivity contribution in [2.24, 2.45) is 4.99 Å². The molecule has 206 valence electrons. The largest absolute Gasteiger partial charge is 0.387 e. The van der Waals surface area contributed by atoms with Crippen LogP contribution in [-0.2, 0) is 19.0 Å². The first-order valence-electron chi connectivity index (χ1n) is 12.1. The minimum atomic E-state index is -1.61. The number of hydrogen-bond donors (Lipinski definition) is 1. The van der Waals surface area contributed by atoms with E-state index in [9.17, 15) is 23.1 Å². The van der Waals surface area contributed by atoms with Crippen LogP contribution in [0.15, 0.2) is 53.7 Å². The Balaban J connectivity index is 1.51. The molecule has 10 nitrogen and oxygen atoms in total. The van der Waals surface area contributed by atoms with E-state index in [4.69, 9.17) is 14.2 Å². The number of hydrogen-bond acceptors (Lipinski definition) is 7. The summed E-state index contributed by atoms with van der Waals surface area (Å²) in [7, 11) is 3.43. The molecule has 0 spiro atoms. The molecule has 0 bridgehead atoms. The molecule has 0 radical (unpaired) electrons. The molecule has 6 atom stereocenters. The molecule has 39 heavy (non-hydrogen) atoms. The lowest BCUT2D eigenvalue weighted by Gasteiger charge is -2.47. The number of fused-ring (bicyclic) bond motifs is 1. The average Bonchev–Trinajstić information content (AvgIpc) is 3.41. The van der Waals surface area contributed by atoms with Crippen LogP contribution in [-0.4, -0.2) is 81.9 Å². The molecule has 2 saturated heterocycles. The molecule has 2 aliphatic heterocycles. The van der Waals surface area contributed by atoms with Crippen LogP contribution < -0.4 is 0 Å². The van der Waals surface area contributed by atoms with Crippen molar-refractivity contribution >= 4 is 11.7 Å². The third-order valence-electron chi connectivity index (χ3n) is 6.71. The number of aromatic nitrogens is 3. The molecule has 1 N–H and O–H groups in total. The normalized spacial score (nSPS) is 27.2. The molecule has 5 rings (SSSR count). The number of amidine groups is 1. The van der Waals surface area contributed by atoms with Crippen molar-refractivity contribution in [1.82, 2.24) is 19.9 Å². The van der Waals surface area contributed by atoms with E-state index in [1.54, 1.807) is 25.9 Å². The maximum Gasteiger partial charge on any atom is 0.279 e. The highest BCUT2D eigenvalue weighted by Gasteiger charge is 2.53. The Hall–Kier alpha value is -3.65. The first-order valence-corrected chi connectivity index (χ1v) is 12.1. The number of aliphatic imine (C=N–C) groups is 1. The Bertz CT molecular complexity index is 1360. The fourth-order valence-electron chi connectivity index (χ4n) is 4.48. The molecule has 0 saturated carbocycles. The van der Waals surface area contributed by atoms with E-state index in [0.717, 1.165) is 17.7 Å². The standard InChI is InChI=1S/C26H26F3N5O5/c1-13(33(2)3)30-25(36)24-22(35)21(23-19(38-24)12-37-26(39-23)14-7-5-4-6-8-14)34-11-18(31-32-34)15-9-16(27)20(29)17(28)10-15/h4-11,19,21-24,26,35H,12H2,1-3H3/b30-13+/t19-,21-,22-,23+,24-,26+/m1/s1. The number of aliphatic hydroxyl groups excluding tert-OH is 1. The van der Waals surface area contributed by atoms with Crippen molar-refractivity contribution in [3.05, 3.63) is 71.7 Å². The maximum absolute atomic E-state index is 13.9. The van der Waals surface area contributed by atoms with Crippen LogP contribution in [0.1, 0.15) is 24.8 Å². The van der Waals surface area contributed by atoms with Crippen molar-refractivity contribution < 1.29 is 37.3 Å². The Morgan fingerprint density at radius 3 is 2.49 bits per heavy atom. The summed E-state index contributed by atoms with van der Waals surface area (Å²) in [6.45, 7) is 1.67. The molecular weight excluding hydrogens is 519 g/mol. The summed E-state index contributed by atoms with van der Waals surface area (Å²) in [5.74, 6) is -4.69. The number of ether oxygens (including phenoxy) is 3. The van der Waals surface area contributed by atoms with Gasteiger partial charge in [-0.25, -0.2) is 17.9 Å². The molecule has 3 aromatic rings. The number of carbonyl (C=O) groups is 1. The van der Waals surface area contributed by atoms with Gasteiger partial charge in [-0.05, 0) is 19.1 Å². The molecule has 2 aromatic carbocycles. The van der Waals surface area contributed by atoms with Gasteiger partial charge in [-0.3, -0.25) is 4.79 Å². The van der Waals surface area contributed by atoms with Gasteiger partial charge in [0, 0.05) is 25.2 Å². The fraction of sp³-hybridized carbons (Fsp3) is 0.385. The summed E-state index contributed by atoms with van der Waals surface area (Å²) in [5, 5.41) is 19.4. The molecule has 0 aliphatic carbocycles. The van der Waals surface area contributed by atoms with Crippen LogP contribution in [0.4, 0.5) is 13.2 Å². The van der Waals surface area contributed by atoms with Crippen LogP contribution in [0.25, 0.3) is 11.3 Å². The van der Waals surface area contributed by atoms with Gasteiger partial charge < -0.3 is 24.2 Å². The van der Waals surface area contributed by atoms with Crippen molar-refractivity contribution in [2.45, 2.75) is 43.7 Å². The number of carbonyl (C=O) groups excluding carboxylic acids is 1. The van der Waals surface area contributed by atoms with Gasteiger partial charge in [0.05, 0.1) is 12.8 Å². The number of aliphatic hydroxyl groups is 1. The van der Waals surface area contributed by atoms with Gasteiger partial charge in [-0.1, -0.05) is 35.5 Å². The van der Waals surface area contributed by atoms with Crippen molar-refractivity contribution in [3.8, 4) is 11.3 Å². The lowest BCUT2D eigenvalue weighted by Crippen LogP contribution is -2.61. The van der Waals surface area contributed by atoms with Crippen molar-refractivity contribution in [2.75, 3.05) is 20.7 Å². The summed E-state index contributed by atoms with van der Waals surface area (Å²) in [4.78, 5) is 18.7. The smallest absolute Gasteiger partial charge is 0.279 e. The summed E-state index contributed by atoms with van der Waals surface area (Å²) in [6.07, 6.45) is -4.01. The van der Waals surface area contributed by atoms with Gasteiger partial charge in [0.2, 0.25) is 0 Å². The van der Waals surface area contributed by atoms with Crippen molar-refractivity contribution in [3.63, 3.8) is 0 Å². The highest BCUT2D eigenvalue weighted by molar-refractivity contribution is 5.95.